The Morgan fingerprint density at radius 3 is 2.65 bits per heavy atom. The summed E-state index contributed by atoms with van der Waals surface area (Å²) in [6.07, 6.45) is 2.73. The van der Waals surface area contributed by atoms with Gasteiger partial charge in [0.05, 0.1) is 13.2 Å². The lowest BCUT2D eigenvalue weighted by atomic mass is 9.75. The average Bonchev–Trinajstić information content (AvgIpc) is 2.40. The summed E-state index contributed by atoms with van der Waals surface area (Å²) in [6, 6.07) is 0.676. The van der Waals surface area contributed by atoms with Crippen LogP contribution in [0.4, 0.5) is 0 Å². The second-order valence-electron chi connectivity index (χ2n) is 5.84. The smallest absolute Gasteiger partial charge is 0.0594 e. The molecule has 17 heavy (non-hydrogen) atoms. The molecule has 4 heteroatoms. The first-order chi connectivity index (χ1) is 8.36. The van der Waals surface area contributed by atoms with Crippen LogP contribution in [-0.4, -0.2) is 68.3 Å². The second-order valence-corrected chi connectivity index (χ2v) is 5.84. The highest BCUT2D eigenvalue weighted by Gasteiger charge is 2.39. The molecule has 0 aliphatic carbocycles. The first-order valence-electron chi connectivity index (χ1n) is 7.11. The number of fused-ring (bicyclic) bond motifs is 3. The van der Waals surface area contributed by atoms with Gasteiger partial charge in [0.1, 0.15) is 0 Å². The van der Waals surface area contributed by atoms with Crippen LogP contribution in [0.5, 0.6) is 0 Å². The summed E-state index contributed by atoms with van der Waals surface area (Å²) in [6.45, 7) is 8.80. The first kappa shape index (κ1) is 11.9. The monoisotopic (exact) mass is 239 g/mol. The molecular formula is C13H25N3O. The molecule has 4 aliphatic heterocycles. The van der Waals surface area contributed by atoms with Crippen molar-refractivity contribution in [3.63, 3.8) is 0 Å². The zero-order valence-corrected chi connectivity index (χ0v) is 10.7. The highest BCUT2D eigenvalue weighted by atomic mass is 16.5. The summed E-state index contributed by atoms with van der Waals surface area (Å²) in [5, 5.41) is 0. The molecule has 2 bridgehead atoms. The Bertz CT molecular complexity index is 255. The minimum atomic E-state index is 0.676. The van der Waals surface area contributed by atoms with Crippen LogP contribution in [0, 0.1) is 11.8 Å². The maximum Gasteiger partial charge on any atom is 0.0594 e. The van der Waals surface area contributed by atoms with E-state index < -0.39 is 0 Å². The van der Waals surface area contributed by atoms with E-state index in [9.17, 15) is 0 Å². The highest BCUT2D eigenvalue weighted by molar-refractivity contribution is 4.94. The summed E-state index contributed by atoms with van der Waals surface area (Å²) >= 11 is 0. The van der Waals surface area contributed by atoms with Crippen LogP contribution in [0.2, 0.25) is 0 Å². The number of hydrogen-bond acceptors (Lipinski definition) is 4. The lowest BCUT2D eigenvalue weighted by Gasteiger charge is -2.50. The number of hydrogen-bond donors (Lipinski definition) is 1. The normalized spacial score (nSPS) is 42.9. The molecule has 4 rings (SSSR count). The third-order valence-electron chi connectivity index (χ3n) is 4.88. The SMILES string of the molecule is NCC1CC2CCN1CC2CN1CCOCC1. The standard InChI is InChI=1S/C13H25N3O/c14-8-13-7-11-1-2-16(13)10-12(11)9-15-3-5-17-6-4-15/h11-13H,1-10,14H2. The molecule has 4 heterocycles. The van der Waals surface area contributed by atoms with Crippen molar-refractivity contribution in [2.75, 3.05) is 52.5 Å². The summed E-state index contributed by atoms with van der Waals surface area (Å²) in [4.78, 5) is 5.22. The van der Waals surface area contributed by atoms with E-state index in [1.165, 1.54) is 32.5 Å². The Kier molecular flexibility index (Phi) is 3.66. The molecule has 4 aliphatic rings. The summed E-state index contributed by atoms with van der Waals surface area (Å²) < 4.78 is 5.42. The van der Waals surface area contributed by atoms with Crippen molar-refractivity contribution in [1.82, 2.24) is 9.80 Å². The number of ether oxygens (including phenoxy) is 1. The number of piperidine rings is 3. The quantitative estimate of drug-likeness (QED) is 0.752. The fourth-order valence-electron chi connectivity index (χ4n) is 3.82. The van der Waals surface area contributed by atoms with Gasteiger partial charge in [-0.25, -0.2) is 0 Å². The van der Waals surface area contributed by atoms with E-state index >= 15 is 0 Å². The highest BCUT2D eigenvalue weighted by Crippen LogP contribution is 2.36. The molecule has 0 aromatic rings. The predicted molar refractivity (Wildman–Crippen MR) is 67.9 cm³/mol. The van der Waals surface area contributed by atoms with Crippen molar-refractivity contribution in [1.29, 1.82) is 0 Å². The fraction of sp³-hybridized carbons (Fsp3) is 1.00. The van der Waals surface area contributed by atoms with E-state index in [-0.39, 0.29) is 0 Å². The second kappa shape index (κ2) is 5.22. The van der Waals surface area contributed by atoms with Crippen molar-refractivity contribution in [3.05, 3.63) is 0 Å². The molecule has 4 fully saturated rings. The van der Waals surface area contributed by atoms with Gasteiger partial charge >= 0.3 is 0 Å². The van der Waals surface area contributed by atoms with Crippen LogP contribution < -0.4 is 5.73 Å². The zero-order valence-electron chi connectivity index (χ0n) is 10.7. The third-order valence-corrected chi connectivity index (χ3v) is 4.88. The Morgan fingerprint density at radius 1 is 1.18 bits per heavy atom. The van der Waals surface area contributed by atoms with Gasteiger partial charge in [0, 0.05) is 38.8 Å². The van der Waals surface area contributed by atoms with E-state index in [4.69, 9.17) is 10.5 Å². The minimum absolute atomic E-state index is 0.676. The molecule has 0 aromatic heterocycles. The lowest BCUT2D eigenvalue weighted by molar-refractivity contribution is -0.0277. The summed E-state index contributed by atoms with van der Waals surface area (Å²) in [5.74, 6) is 1.81. The van der Waals surface area contributed by atoms with Gasteiger partial charge in [-0.1, -0.05) is 0 Å². The number of rotatable bonds is 3. The predicted octanol–water partition coefficient (Wildman–Crippen LogP) is -0.0123. The van der Waals surface area contributed by atoms with Crippen molar-refractivity contribution >= 4 is 0 Å². The Hall–Kier alpha value is -0.160. The van der Waals surface area contributed by atoms with Gasteiger partial charge in [-0.15, -0.1) is 0 Å². The molecule has 4 unspecified atom stereocenters. The van der Waals surface area contributed by atoms with Crippen LogP contribution in [0.25, 0.3) is 0 Å². The van der Waals surface area contributed by atoms with Crippen molar-refractivity contribution in [2.24, 2.45) is 17.6 Å². The minimum Gasteiger partial charge on any atom is -0.379 e. The zero-order chi connectivity index (χ0) is 11.7. The van der Waals surface area contributed by atoms with Gasteiger partial charge in [0.25, 0.3) is 0 Å². The molecule has 4 atom stereocenters. The Morgan fingerprint density at radius 2 is 2.00 bits per heavy atom. The van der Waals surface area contributed by atoms with E-state index in [2.05, 4.69) is 9.80 Å². The largest absolute Gasteiger partial charge is 0.379 e. The first-order valence-corrected chi connectivity index (χ1v) is 7.11. The van der Waals surface area contributed by atoms with Crippen LogP contribution in [0.1, 0.15) is 12.8 Å². The maximum absolute atomic E-state index is 5.85. The summed E-state index contributed by atoms with van der Waals surface area (Å²) in [7, 11) is 0. The van der Waals surface area contributed by atoms with E-state index in [1.807, 2.05) is 0 Å². The van der Waals surface area contributed by atoms with Crippen molar-refractivity contribution in [2.45, 2.75) is 18.9 Å². The topological polar surface area (TPSA) is 41.7 Å². The van der Waals surface area contributed by atoms with Gasteiger partial charge in [0.2, 0.25) is 0 Å². The molecular weight excluding hydrogens is 214 g/mol. The molecule has 0 saturated carbocycles. The van der Waals surface area contributed by atoms with Gasteiger partial charge in [-0.05, 0) is 31.2 Å². The molecule has 0 aromatic carbocycles. The lowest BCUT2D eigenvalue weighted by Crippen LogP contribution is -2.58. The van der Waals surface area contributed by atoms with Crippen LogP contribution in [0.3, 0.4) is 0 Å². The Balaban J connectivity index is 1.55. The molecule has 2 N–H and O–H groups in total. The number of morpholine rings is 1. The van der Waals surface area contributed by atoms with Gasteiger partial charge in [0.15, 0.2) is 0 Å². The van der Waals surface area contributed by atoms with E-state index in [1.54, 1.807) is 0 Å². The average molecular weight is 239 g/mol. The third kappa shape index (κ3) is 2.50. The van der Waals surface area contributed by atoms with Crippen molar-refractivity contribution in [3.8, 4) is 0 Å². The fourth-order valence-corrected chi connectivity index (χ4v) is 3.82. The van der Waals surface area contributed by atoms with Crippen LogP contribution in [0.15, 0.2) is 0 Å². The maximum atomic E-state index is 5.85. The van der Waals surface area contributed by atoms with Crippen LogP contribution in [-0.2, 0) is 4.74 Å². The molecule has 0 spiro atoms. The molecule has 0 amide bonds. The van der Waals surface area contributed by atoms with Crippen molar-refractivity contribution < 1.29 is 4.74 Å². The van der Waals surface area contributed by atoms with E-state index in [0.717, 1.165) is 44.7 Å². The van der Waals surface area contributed by atoms with Gasteiger partial charge < -0.3 is 10.5 Å². The number of nitrogens with zero attached hydrogens (tertiary/aromatic N) is 2. The van der Waals surface area contributed by atoms with Gasteiger partial charge in [-0.2, -0.15) is 0 Å². The Labute approximate surface area is 104 Å². The van der Waals surface area contributed by atoms with E-state index in [0.29, 0.717) is 6.04 Å². The summed E-state index contributed by atoms with van der Waals surface area (Å²) in [5.41, 5.74) is 5.85. The van der Waals surface area contributed by atoms with Gasteiger partial charge in [-0.3, -0.25) is 9.80 Å². The molecule has 4 saturated heterocycles. The number of nitrogens with two attached hydrogens (primary N) is 1. The molecule has 4 nitrogen and oxygen atoms in total. The molecule has 0 radical (unpaired) electrons. The molecule has 98 valence electrons. The van der Waals surface area contributed by atoms with Crippen LogP contribution >= 0.6 is 0 Å².